The number of carbonyl (C=O) groups excluding carboxylic acids is 1. The van der Waals surface area contributed by atoms with Gasteiger partial charge in [0.1, 0.15) is 5.75 Å². The maximum absolute atomic E-state index is 12.0. The highest BCUT2D eigenvalue weighted by Crippen LogP contribution is 2.27. The molecule has 30 heavy (non-hydrogen) atoms. The van der Waals surface area contributed by atoms with Crippen molar-refractivity contribution in [2.24, 2.45) is 0 Å². The fraction of sp³-hybridized carbons (Fsp3) is 0.0952. The zero-order chi connectivity index (χ0) is 21.5. The predicted octanol–water partition coefficient (Wildman–Crippen LogP) is 5.64. The lowest BCUT2D eigenvalue weighted by atomic mass is 10.2. The van der Waals surface area contributed by atoms with Crippen molar-refractivity contribution in [1.29, 1.82) is 0 Å². The first kappa shape index (κ1) is 21.6. The molecule has 0 radical (unpaired) electrons. The summed E-state index contributed by atoms with van der Waals surface area (Å²) in [6, 6.07) is 18.6. The van der Waals surface area contributed by atoms with E-state index < -0.39 is 4.92 Å². The number of amides is 1. The summed E-state index contributed by atoms with van der Waals surface area (Å²) in [4.78, 5) is 22.5. The lowest BCUT2D eigenvalue weighted by Crippen LogP contribution is -2.20. The largest absolute Gasteiger partial charge is 0.483 e. The van der Waals surface area contributed by atoms with Gasteiger partial charge in [-0.1, -0.05) is 23.7 Å². The van der Waals surface area contributed by atoms with Crippen LogP contribution in [0.4, 0.5) is 17.1 Å². The molecule has 0 unspecified atom stereocenters. The molecule has 0 spiro atoms. The Morgan fingerprint density at radius 1 is 1.07 bits per heavy atom. The van der Waals surface area contributed by atoms with Gasteiger partial charge >= 0.3 is 0 Å². The van der Waals surface area contributed by atoms with Gasteiger partial charge in [-0.15, -0.1) is 0 Å². The van der Waals surface area contributed by atoms with E-state index in [1.165, 1.54) is 12.1 Å². The fourth-order valence-corrected chi connectivity index (χ4v) is 3.25. The molecule has 0 aliphatic heterocycles. The van der Waals surface area contributed by atoms with Gasteiger partial charge in [0, 0.05) is 35.1 Å². The second-order valence-electron chi connectivity index (χ2n) is 6.27. The molecule has 0 fully saturated rings. The number of anilines is 2. The molecule has 0 aliphatic carbocycles. The third kappa shape index (κ3) is 6.20. The summed E-state index contributed by atoms with van der Waals surface area (Å²) in [5.41, 5.74) is 2.25. The van der Waals surface area contributed by atoms with Crippen LogP contribution in [0.3, 0.4) is 0 Å². The minimum atomic E-state index is -0.434. The predicted molar refractivity (Wildman–Crippen MR) is 120 cm³/mol. The molecule has 0 aromatic heterocycles. The van der Waals surface area contributed by atoms with Gasteiger partial charge in [-0.05, 0) is 64.0 Å². The van der Waals surface area contributed by atoms with Crippen LogP contribution in [-0.2, 0) is 11.3 Å². The number of ether oxygens (including phenoxy) is 1. The lowest BCUT2D eigenvalue weighted by Gasteiger charge is -2.11. The van der Waals surface area contributed by atoms with Gasteiger partial charge in [0.15, 0.2) is 6.61 Å². The molecule has 0 saturated heterocycles. The van der Waals surface area contributed by atoms with Crippen molar-refractivity contribution < 1.29 is 14.5 Å². The lowest BCUT2D eigenvalue weighted by molar-refractivity contribution is -0.384. The fourth-order valence-electron chi connectivity index (χ4n) is 2.58. The summed E-state index contributed by atoms with van der Waals surface area (Å²) in [5.74, 6) is 0.237. The Labute approximate surface area is 186 Å². The van der Waals surface area contributed by atoms with E-state index in [2.05, 4.69) is 26.6 Å². The zero-order valence-corrected chi connectivity index (χ0v) is 17.9. The Morgan fingerprint density at radius 2 is 1.83 bits per heavy atom. The first-order chi connectivity index (χ1) is 14.4. The Bertz CT molecular complexity index is 1060. The van der Waals surface area contributed by atoms with Crippen LogP contribution < -0.4 is 15.4 Å². The van der Waals surface area contributed by atoms with Crippen LogP contribution >= 0.6 is 27.5 Å². The maximum Gasteiger partial charge on any atom is 0.271 e. The molecule has 1 amide bonds. The van der Waals surface area contributed by atoms with E-state index in [1.54, 1.807) is 42.5 Å². The SMILES string of the molecule is O=C(COc1ccc(CNc2cccc([N+](=O)[O-])c2)cc1Br)Nc1ccc(Cl)cc1. The molecular formula is C21H17BrClN3O4. The third-order valence-corrected chi connectivity index (χ3v) is 4.91. The van der Waals surface area contributed by atoms with Gasteiger partial charge in [-0.25, -0.2) is 0 Å². The zero-order valence-electron chi connectivity index (χ0n) is 15.6. The Balaban J connectivity index is 1.53. The van der Waals surface area contributed by atoms with E-state index >= 15 is 0 Å². The van der Waals surface area contributed by atoms with Gasteiger partial charge in [-0.3, -0.25) is 14.9 Å². The Hall–Kier alpha value is -3.10. The Morgan fingerprint density at radius 3 is 2.53 bits per heavy atom. The normalized spacial score (nSPS) is 10.3. The van der Waals surface area contributed by atoms with Crippen molar-refractivity contribution >= 4 is 50.5 Å². The number of carbonyl (C=O) groups is 1. The van der Waals surface area contributed by atoms with Crippen LogP contribution in [0.1, 0.15) is 5.56 Å². The number of rotatable bonds is 8. The van der Waals surface area contributed by atoms with Crippen LogP contribution in [0.5, 0.6) is 5.75 Å². The summed E-state index contributed by atoms with van der Waals surface area (Å²) in [6.45, 7) is 0.323. The molecule has 3 aromatic rings. The van der Waals surface area contributed by atoms with E-state index in [0.29, 0.717) is 33.2 Å². The summed E-state index contributed by atoms with van der Waals surface area (Å²) >= 11 is 9.26. The number of hydrogen-bond donors (Lipinski definition) is 2. The third-order valence-electron chi connectivity index (χ3n) is 4.04. The maximum atomic E-state index is 12.0. The molecule has 154 valence electrons. The van der Waals surface area contributed by atoms with Crippen molar-refractivity contribution in [1.82, 2.24) is 0 Å². The molecule has 7 nitrogen and oxygen atoms in total. The van der Waals surface area contributed by atoms with Crippen molar-refractivity contribution in [2.75, 3.05) is 17.2 Å². The molecule has 2 N–H and O–H groups in total. The monoisotopic (exact) mass is 489 g/mol. The van der Waals surface area contributed by atoms with Crippen molar-refractivity contribution in [3.8, 4) is 5.75 Å². The minimum Gasteiger partial charge on any atom is -0.483 e. The standard InChI is InChI=1S/C21H17BrClN3O4/c22-19-10-14(12-24-17-2-1-3-18(11-17)26(28)29)4-9-20(19)30-13-21(27)25-16-7-5-15(23)6-8-16/h1-11,24H,12-13H2,(H,25,27). The number of nitro benzene ring substituents is 1. The summed E-state index contributed by atoms with van der Waals surface area (Å²) < 4.78 is 6.27. The van der Waals surface area contributed by atoms with E-state index in [0.717, 1.165) is 5.56 Å². The molecule has 3 rings (SSSR count). The summed E-state index contributed by atoms with van der Waals surface area (Å²) in [6.07, 6.45) is 0. The quantitative estimate of drug-likeness (QED) is 0.315. The number of hydrogen-bond acceptors (Lipinski definition) is 5. The number of nitro groups is 1. The topological polar surface area (TPSA) is 93.5 Å². The minimum absolute atomic E-state index is 0.0294. The molecule has 0 aliphatic rings. The number of halogens is 2. The molecular weight excluding hydrogens is 474 g/mol. The van der Waals surface area contributed by atoms with Crippen LogP contribution in [0.2, 0.25) is 5.02 Å². The van der Waals surface area contributed by atoms with Gasteiger partial charge in [0.2, 0.25) is 0 Å². The van der Waals surface area contributed by atoms with Gasteiger partial charge in [0.25, 0.3) is 11.6 Å². The smallest absolute Gasteiger partial charge is 0.271 e. The number of nitrogens with one attached hydrogen (secondary N) is 2. The second-order valence-corrected chi connectivity index (χ2v) is 7.56. The van der Waals surface area contributed by atoms with Crippen molar-refractivity contribution in [2.45, 2.75) is 6.54 Å². The molecule has 0 saturated carbocycles. The van der Waals surface area contributed by atoms with Crippen molar-refractivity contribution in [3.63, 3.8) is 0 Å². The summed E-state index contributed by atoms with van der Waals surface area (Å²) in [7, 11) is 0. The Kier molecular flexibility index (Phi) is 7.26. The molecule has 0 atom stereocenters. The average Bonchev–Trinajstić information content (AvgIpc) is 2.73. The highest BCUT2D eigenvalue weighted by Gasteiger charge is 2.09. The molecule has 9 heteroatoms. The van der Waals surface area contributed by atoms with Gasteiger partial charge < -0.3 is 15.4 Å². The van der Waals surface area contributed by atoms with Gasteiger partial charge in [-0.2, -0.15) is 0 Å². The van der Waals surface area contributed by atoms with E-state index in [1.807, 2.05) is 12.1 Å². The van der Waals surface area contributed by atoms with E-state index in [4.69, 9.17) is 16.3 Å². The first-order valence-electron chi connectivity index (χ1n) is 8.86. The van der Waals surface area contributed by atoms with Crippen molar-refractivity contribution in [3.05, 3.63) is 91.9 Å². The highest BCUT2D eigenvalue weighted by molar-refractivity contribution is 9.10. The first-order valence-corrected chi connectivity index (χ1v) is 10.0. The molecule has 0 bridgehead atoms. The molecule has 3 aromatic carbocycles. The number of nitrogens with zero attached hydrogens (tertiary/aromatic N) is 1. The van der Waals surface area contributed by atoms with Crippen LogP contribution in [0.25, 0.3) is 0 Å². The number of non-ortho nitro benzene ring substituents is 1. The second kappa shape index (κ2) is 10.1. The average molecular weight is 491 g/mol. The van der Waals surface area contributed by atoms with E-state index in [9.17, 15) is 14.9 Å². The van der Waals surface area contributed by atoms with Crippen LogP contribution in [-0.4, -0.2) is 17.4 Å². The van der Waals surface area contributed by atoms with Crippen LogP contribution in [0, 0.1) is 10.1 Å². The number of benzene rings is 3. The van der Waals surface area contributed by atoms with Gasteiger partial charge in [0.05, 0.1) is 9.40 Å². The van der Waals surface area contributed by atoms with Crippen LogP contribution in [0.15, 0.2) is 71.2 Å². The highest BCUT2D eigenvalue weighted by atomic mass is 79.9. The van der Waals surface area contributed by atoms with E-state index in [-0.39, 0.29) is 18.2 Å². The summed E-state index contributed by atoms with van der Waals surface area (Å²) in [5, 5.41) is 17.3. The molecule has 0 heterocycles.